The Morgan fingerprint density at radius 2 is 1.78 bits per heavy atom. The van der Waals surface area contributed by atoms with Crippen molar-refractivity contribution in [2.45, 2.75) is 124 Å². The standard InChI is InChI=1S/C27H46O4.H2O.H2/c1-8-11-23-15-18(2)14-20(4)22(6)25(28)17-24-16-21(5)27(7,31-24)13-10-9-12-19(3)26(29)30-23;;/h19-24H,2,8-17H2,1,3-7H3;1H2;1H/t19-,20+,21-,22-,23+,24+,27-;;/m0../s1. The molecule has 5 heteroatoms. The maximum atomic E-state index is 13.0. The van der Waals surface area contributed by atoms with Gasteiger partial charge in [0, 0.05) is 20.2 Å². The molecule has 0 aromatic rings. The minimum Gasteiger partial charge on any atom is -0.462 e. The molecule has 0 amide bonds. The Balaban J connectivity index is 0.00000512. The highest BCUT2D eigenvalue weighted by Crippen LogP contribution is 2.41. The summed E-state index contributed by atoms with van der Waals surface area (Å²) in [5.41, 5.74) is 0.903. The third-order valence-corrected chi connectivity index (χ3v) is 7.87. The molecule has 0 spiro atoms. The molecule has 2 fully saturated rings. The zero-order valence-electron chi connectivity index (χ0n) is 21.4. The minimum absolute atomic E-state index is 0. The van der Waals surface area contributed by atoms with Gasteiger partial charge in [0.1, 0.15) is 11.9 Å². The molecule has 5 nitrogen and oxygen atoms in total. The van der Waals surface area contributed by atoms with Crippen LogP contribution < -0.4 is 0 Å². The molecule has 0 aliphatic carbocycles. The number of fused-ring (bicyclic) bond motifs is 2. The molecule has 0 saturated carbocycles. The highest BCUT2D eigenvalue weighted by Gasteiger charge is 2.43. The van der Waals surface area contributed by atoms with Crippen LogP contribution >= 0.6 is 0 Å². The molecular weight excluding hydrogens is 404 g/mol. The number of esters is 1. The van der Waals surface area contributed by atoms with Crippen molar-refractivity contribution in [2.24, 2.45) is 23.7 Å². The lowest BCUT2D eigenvalue weighted by molar-refractivity contribution is -0.154. The summed E-state index contributed by atoms with van der Waals surface area (Å²) in [6.07, 6.45) is 8.57. The van der Waals surface area contributed by atoms with E-state index in [1.54, 1.807) is 0 Å². The molecule has 0 radical (unpaired) electrons. The topological polar surface area (TPSA) is 84.1 Å². The van der Waals surface area contributed by atoms with Crippen molar-refractivity contribution < 1.29 is 26.0 Å². The molecule has 0 unspecified atom stereocenters. The Morgan fingerprint density at radius 3 is 2.44 bits per heavy atom. The summed E-state index contributed by atoms with van der Waals surface area (Å²) in [6.45, 7) is 17.0. The van der Waals surface area contributed by atoms with Crippen molar-refractivity contribution in [3.63, 3.8) is 0 Å². The predicted molar refractivity (Wildman–Crippen MR) is 132 cm³/mol. The molecule has 2 N–H and O–H groups in total. The Labute approximate surface area is 197 Å². The first-order chi connectivity index (χ1) is 14.6. The second-order valence-corrected chi connectivity index (χ2v) is 10.8. The number of carbonyl (C=O) groups is 2. The number of hydrogen-bond acceptors (Lipinski definition) is 4. The fraction of sp³-hybridized carbons (Fsp3) is 0.852. The van der Waals surface area contributed by atoms with Crippen molar-refractivity contribution >= 4 is 11.8 Å². The van der Waals surface area contributed by atoms with Crippen LogP contribution in [0.5, 0.6) is 0 Å². The zero-order chi connectivity index (χ0) is 23.2. The number of ether oxygens (including phenoxy) is 2. The summed E-state index contributed by atoms with van der Waals surface area (Å²) < 4.78 is 12.3. The first kappa shape index (κ1) is 28.8. The molecule has 7 atom stereocenters. The van der Waals surface area contributed by atoms with Crippen LogP contribution in [0.4, 0.5) is 0 Å². The van der Waals surface area contributed by atoms with Crippen LogP contribution in [0.1, 0.15) is 107 Å². The van der Waals surface area contributed by atoms with Crippen molar-refractivity contribution in [3.8, 4) is 0 Å². The van der Waals surface area contributed by atoms with E-state index in [4.69, 9.17) is 9.47 Å². The average Bonchev–Trinajstić information content (AvgIpc) is 2.96. The van der Waals surface area contributed by atoms with E-state index in [9.17, 15) is 9.59 Å². The number of carbonyl (C=O) groups excluding carboxylic acids is 2. The first-order valence-corrected chi connectivity index (χ1v) is 12.6. The lowest BCUT2D eigenvalue weighted by atomic mass is 9.82. The van der Waals surface area contributed by atoms with Crippen LogP contribution in [-0.4, -0.2) is 35.0 Å². The molecule has 2 saturated heterocycles. The van der Waals surface area contributed by atoms with E-state index >= 15 is 0 Å². The molecule has 2 aliphatic rings. The Kier molecular flexibility index (Phi) is 11.6. The van der Waals surface area contributed by atoms with Crippen LogP contribution in [0.25, 0.3) is 0 Å². The van der Waals surface area contributed by atoms with Crippen molar-refractivity contribution in [3.05, 3.63) is 12.2 Å². The summed E-state index contributed by atoms with van der Waals surface area (Å²) in [6, 6.07) is 0. The maximum absolute atomic E-state index is 13.0. The predicted octanol–water partition coefficient (Wildman–Crippen LogP) is 6.08. The molecule has 188 valence electrons. The third kappa shape index (κ3) is 7.98. The van der Waals surface area contributed by atoms with E-state index in [1.165, 1.54) is 0 Å². The van der Waals surface area contributed by atoms with E-state index in [0.29, 0.717) is 24.5 Å². The number of Topliss-reactive ketones (excluding diaryl/α,β-unsaturated/α-hetero) is 1. The SMILES string of the molecule is C=C1C[C@@H](CCC)OC(=O)[C@@H](C)CCCC[C@]2(C)O[C@@H](CC(=O)[C@@H](C)[C@H](C)C1)C[C@@H]2C.O.[HH]. The number of rotatable bonds is 2. The summed E-state index contributed by atoms with van der Waals surface area (Å²) in [5.74, 6) is 0.783. The van der Waals surface area contributed by atoms with E-state index in [1.807, 2.05) is 13.8 Å². The van der Waals surface area contributed by atoms with Crippen LogP contribution in [0.2, 0.25) is 0 Å². The molecule has 2 bridgehead atoms. The first-order valence-electron chi connectivity index (χ1n) is 12.6. The third-order valence-electron chi connectivity index (χ3n) is 7.87. The smallest absolute Gasteiger partial charge is 0.308 e. The van der Waals surface area contributed by atoms with Gasteiger partial charge in [0.25, 0.3) is 0 Å². The van der Waals surface area contributed by atoms with Crippen molar-refractivity contribution in [1.29, 1.82) is 0 Å². The Bertz CT molecular complexity index is 636. The lowest BCUT2D eigenvalue weighted by Crippen LogP contribution is -2.31. The van der Waals surface area contributed by atoms with E-state index in [0.717, 1.165) is 56.9 Å². The monoisotopic (exact) mass is 454 g/mol. The van der Waals surface area contributed by atoms with Crippen molar-refractivity contribution in [2.75, 3.05) is 0 Å². The molecule has 0 aromatic carbocycles. The van der Waals surface area contributed by atoms with Gasteiger partial charge in [-0.25, -0.2) is 0 Å². The van der Waals surface area contributed by atoms with Gasteiger partial charge < -0.3 is 14.9 Å². The summed E-state index contributed by atoms with van der Waals surface area (Å²) in [7, 11) is 0. The van der Waals surface area contributed by atoms with Gasteiger partial charge >= 0.3 is 5.97 Å². The number of hydrogen-bond donors (Lipinski definition) is 0. The van der Waals surface area contributed by atoms with Crippen LogP contribution in [0.15, 0.2) is 12.2 Å². The summed E-state index contributed by atoms with van der Waals surface area (Å²) in [5, 5.41) is 0. The normalized spacial score (nSPS) is 38.4. The van der Waals surface area contributed by atoms with Crippen LogP contribution in [0, 0.1) is 23.7 Å². The van der Waals surface area contributed by atoms with E-state index < -0.39 is 0 Å². The quantitative estimate of drug-likeness (QED) is 0.374. The van der Waals surface area contributed by atoms with Gasteiger partial charge in [-0.2, -0.15) is 0 Å². The second kappa shape index (κ2) is 12.9. The molecule has 2 rings (SSSR count). The molecule has 2 aliphatic heterocycles. The van der Waals surface area contributed by atoms with Gasteiger partial charge in [0.05, 0.1) is 17.6 Å². The van der Waals surface area contributed by atoms with Gasteiger partial charge in [0.2, 0.25) is 0 Å². The highest BCUT2D eigenvalue weighted by atomic mass is 16.5. The maximum Gasteiger partial charge on any atom is 0.308 e. The van der Waals surface area contributed by atoms with Crippen LogP contribution in [0.3, 0.4) is 0 Å². The lowest BCUT2D eigenvalue weighted by Gasteiger charge is -2.29. The molecule has 32 heavy (non-hydrogen) atoms. The second-order valence-electron chi connectivity index (χ2n) is 10.8. The van der Waals surface area contributed by atoms with E-state index in [2.05, 4.69) is 34.3 Å². The zero-order valence-corrected chi connectivity index (χ0v) is 21.4. The van der Waals surface area contributed by atoms with Gasteiger partial charge in [-0.1, -0.05) is 66.0 Å². The van der Waals surface area contributed by atoms with E-state index in [-0.39, 0.29) is 48.4 Å². The largest absolute Gasteiger partial charge is 0.462 e. The molecule has 2 heterocycles. The number of ketones is 1. The average molecular weight is 455 g/mol. The highest BCUT2D eigenvalue weighted by molar-refractivity contribution is 5.81. The van der Waals surface area contributed by atoms with Crippen LogP contribution in [-0.2, 0) is 19.1 Å². The fourth-order valence-electron chi connectivity index (χ4n) is 5.23. The van der Waals surface area contributed by atoms with Gasteiger partial charge in [-0.15, -0.1) is 0 Å². The molecule has 0 aromatic heterocycles. The summed E-state index contributed by atoms with van der Waals surface area (Å²) >= 11 is 0. The van der Waals surface area contributed by atoms with Gasteiger partial charge in [0.15, 0.2) is 0 Å². The fourth-order valence-corrected chi connectivity index (χ4v) is 5.23. The Morgan fingerprint density at radius 1 is 1.09 bits per heavy atom. The minimum atomic E-state index is -0.171. The Hall–Kier alpha value is -1.20. The van der Waals surface area contributed by atoms with Crippen molar-refractivity contribution in [1.82, 2.24) is 0 Å². The van der Waals surface area contributed by atoms with Gasteiger partial charge in [-0.3, -0.25) is 9.59 Å². The molecular formula is C27H50O5. The van der Waals surface area contributed by atoms with Gasteiger partial charge in [-0.05, 0) is 50.9 Å². The number of cyclic esters (lactones) is 1. The summed E-state index contributed by atoms with van der Waals surface area (Å²) in [4.78, 5) is 25.7.